The fourth-order valence-electron chi connectivity index (χ4n) is 3.69. The summed E-state index contributed by atoms with van der Waals surface area (Å²) in [5, 5.41) is 0.362. The molecule has 1 aliphatic rings. The van der Waals surface area contributed by atoms with Crippen molar-refractivity contribution in [2.45, 2.75) is 51.1 Å². The Bertz CT molecular complexity index is 1390. The third kappa shape index (κ3) is 9.60. The van der Waals surface area contributed by atoms with Crippen LogP contribution in [0.4, 0.5) is 0 Å². The van der Waals surface area contributed by atoms with Crippen LogP contribution in [0.15, 0.2) is 36.4 Å². The van der Waals surface area contributed by atoms with Gasteiger partial charge in [0.15, 0.2) is 23.4 Å². The lowest BCUT2D eigenvalue weighted by molar-refractivity contribution is -0.388. The maximum absolute atomic E-state index is 12.9. The number of rotatable bonds is 13. The van der Waals surface area contributed by atoms with E-state index in [4.69, 9.17) is 46.3 Å². The molecule has 15 nitrogen and oxygen atoms in total. The number of halogens is 1. The molecule has 2 aromatic rings. The molecule has 43 heavy (non-hydrogen) atoms. The maximum Gasteiger partial charge on any atom is 0.501 e. The molecule has 236 valence electrons. The summed E-state index contributed by atoms with van der Waals surface area (Å²) in [6.07, 6.45) is -4.11. The van der Waals surface area contributed by atoms with Crippen LogP contribution in [-0.4, -0.2) is 72.1 Å². The highest BCUT2D eigenvalue weighted by molar-refractivity contribution is 9.08. The average Bonchev–Trinajstić information content (AvgIpc) is 2.92. The molecule has 0 amide bonds. The highest BCUT2D eigenvalue weighted by Gasteiger charge is 2.46. The van der Waals surface area contributed by atoms with Gasteiger partial charge in [-0.3, -0.25) is 19.1 Å². The SMILES string of the molecule is COc1cc(OS(=O)(=O)Oc2ccccc2OC2O[C@@H](OC(C)=O)[C@@H](OC(C)=O)[C@@H](COC(C)=O)O2)cc(OC)c1CBr. The van der Waals surface area contributed by atoms with Crippen molar-refractivity contribution in [3.8, 4) is 28.7 Å². The van der Waals surface area contributed by atoms with Crippen molar-refractivity contribution in [3.63, 3.8) is 0 Å². The van der Waals surface area contributed by atoms with Gasteiger partial charge in [0, 0.05) is 43.8 Å². The van der Waals surface area contributed by atoms with Gasteiger partial charge in [-0.05, 0) is 12.1 Å². The summed E-state index contributed by atoms with van der Waals surface area (Å²) >= 11 is 3.32. The van der Waals surface area contributed by atoms with E-state index in [-0.39, 0.29) is 17.2 Å². The van der Waals surface area contributed by atoms with Crippen LogP contribution in [0.1, 0.15) is 26.3 Å². The fraction of sp³-hybridized carbons (Fsp3) is 0.423. The molecular formula is C26H29BrO15S. The average molecular weight is 693 g/mol. The first-order valence-corrected chi connectivity index (χ1v) is 14.8. The van der Waals surface area contributed by atoms with Crippen LogP contribution in [0.2, 0.25) is 0 Å². The molecule has 1 unspecified atom stereocenters. The number of esters is 3. The van der Waals surface area contributed by atoms with E-state index in [9.17, 15) is 22.8 Å². The smallest absolute Gasteiger partial charge is 0.496 e. The minimum Gasteiger partial charge on any atom is -0.496 e. The first kappa shape index (κ1) is 33.7. The molecular weight excluding hydrogens is 664 g/mol. The van der Waals surface area contributed by atoms with Gasteiger partial charge in [-0.25, -0.2) is 0 Å². The van der Waals surface area contributed by atoms with E-state index in [1.165, 1.54) is 50.6 Å². The van der Waals surface area contributed by atoms with E-state index >= 15 is 0 Å². The van der Waals surface area contributed by atoms with Crippen LogP contribution >= 0.6 is 15.9 Å². The van der Waals surface area contributed by atoms with Crippen molar-refractivity contribution in [2.75, 3.05) is 20.8 Å². The Kier molecular flexibility index (Phi) is 11.8. The topological polar surface area (TPSA) is 178 Å². The Morgan fingerprint density at radius 2 is 1.44 bits per heavy atom. The summed E-state index contributed by atoms with van der Waals surface area (Å²) < 4.78 is 78.8. The van der Waals surface area contributed by atoms with Crippen LogP contribution in [0.3, 0.4) is 0 Å². The van der Waals surface area contributed by atoms with E-state index in [0.29, 0.717) is 22.4 Å². The summed E-state index contributed by atoms with van der Waals surface area (Å²) in [6, 6.07) is 8.21. The largest absolute Gasteiger partial charge is 0.501 e. The Hall–Kier alpha value is -3.80. The first-order valence-electron chi connectivity index (χ1n) is 12.3. The fourth-order valence-corrected chi connectivity index (χ4v) is 4.97. The predicted octanol–water partition coefficient (Wildman–Crippen LogP) is 2.76. The number of para-hydroxylation sites is 2. The van der Waals surface area contributed by atoms with Crippen LogP contribution in [0.25, 0.3) is 0 Å². The molecule has 0 bridgehead atoms. The molecule has 0 saturated carbocycles. The molecule has 1 heterocycles. The molecule has 0 spiro atoms. The van der Waals surface area contributed by atoms with Crippen LogP contribution in [-0.2, 0) is 53.8 Å². The van der Waals surface area contributed by atoms with Crippen molar-refractivity contribution >= 4 is 44.2 Å². The van der Waals surface area contributed by atoms with Crippen LogP contribution in [0.5, 0.6) is 28.7 Å². The minimum atomic E-state index is -4.77. The van der Waals surface area contributed by atoms with Crippen molar-refractivity contribution in [1.82, 2.24) is 0 Å². The Morgan fingerprint density at radius 3 is 1.98 bits per heavy atom. The zero-order chi connectivity index (χ0) is 31.7. The van der Waals surface area contributed by atoms with Gasteiger partial charge in [-0.15, -0.1) is 8.42 Å². The number of ether oxygens (including phenoxy) is 8. The minimum absolute atomic E-state index is 0.162. The molecule has 0 N–H and O–H groups in total. The van der Waals surface area contributed by atoms with Crippen LogP contribution < -0.4 is 22.6 Å². The van der Waals surface area contributed by atoms with E-state index in [1.807, 2.05) is 0 Å². The number of methoxy groups -OCH3 is 2. The third-order valence-corrected chi connectivity index (χ3v) is 6.72. The van der Waals surface area contributed by atoms with Gasteiger partial charge in [-0.1, -0.05) is 28.1 Å². The van der Waals surface area contributed by atoms with Crippen molar-refractivity contribution in [2.24, 2.45) is 0 Å². The van der Waals surface area contributed by atoms with Gasteiger partial charge in [0.1, 0.15) is 24.2 Å². The first-order chi connectivity index (χ1) is 20.3. The lowest BCUT2D eigenvalue weighted by Crippen LogP contribution is -2.56. The Balaban J connectivity index is 1.84. The van der Waals surface area contributed by atoms with E-state index in [2.05, 4.69) is 15.9 Å². The van der Waals surface area contributed by atoms with E-state index < -0.39 is 59.9 Å². The number of alkyl halides is 1. The number of hydrogen-bond donors (Lipinski definition) is 0. The number of benzene rings is 2. The second-order valence-electron chi connectivity index (χ2n) is 8.53. The van der Waals surface area contributed by atoms with Crippen LogP contribution in [0, 0.1) is 0 Å². The van der Waals surface area contributed by atoms with E-state index in [1.54, 1.807) is 0 Å². The normalized spacial score (nSPS) is 19.9. The van der Waals surface area contributed by atoms with Gasteiger partial charge in [0.25, 0.3) is 0 Å². The molecule has 3 rings (SSSR count). The lowest BCUT2D eigenvalue weighted by atomic mass is 10.2. The molecule has 0 aliphatic carbocycles. The second-order valence-corrected chi connectivity index (χ2v) is 10.2. The summed E-state index contributed by atoms with van der Waals surface area (Å²) in [5.74, 6) is -2.33. The molecule has 1 aliphatic heterocycles. The molecule has 4 atom stereocenters. The highest BCUT2D eigenvalue weighted by atomic mass is 79.9. The van der Waals surface area contributed by atoms with Crippen molar-refractivity contribution in [3.05, 3.63) is 42.0 Å². The van der Waals surface area contributed by atoms with E-state index in [0.717, 1.165) is 20.8 Å². The summed E-state index contributed by atoms with van der Waals surface area (Å²) in [7, 11) is -1.97. The van der Waals surface area contributed by atoms with Gasteiger partial charge in [-0.2, -0.15) is 0 Å². The van der Waals surface area contributed by atoms with Crippen molar-refractivity contribution < 1.29 is 69.1 Å². The molecule has 17 heteroatoms. The van der Waals surface area contributed by atoms with Gasteiger partial charge < -0.3 is 41.5 Å². The summed E-state index contributed by atoms with van der Waals surface area (Å²) in [4.78, 5) is 34.9. The van der Waals surface area contributed by atoms with Gasteiger partial charge >= 0.3 is 34.8 Å². The third-order valence-electron chi connectivity index (χ3n) is 5.38. The zero-order valence-electron chi connectivity index (χ0n) is 23.6. The monoisotopic (exact) mass is 692 g/mol. The molecule has 1 fully saturated rings. The number of hydrogen-bond acceptors (Lipinski definition) is 15. The standard InChI is InChI=1S/C26H29BrO15S/c1-14(28)35-13-23-24(36-15(2)29)25(37-16(3)30)40-26(39-23)38-19-8-6-7-9-20(19)42-43(31,32)41-17-10-21(33-4)18(12-27)22(11-17)34-5/h6-11,23-26H,12-13H2,1-5H3/t23-,24+,25-,26?/m1/s1. The quantitative estimate of drug-likeness (QED) is 0.170. The molecule has 1 saturated heterocycles. The summed E-state index contributed by atoms with van der Waals surface area (Å²) in [6.45, 7) is 1.23. The zero-order valence-corrected chi connectivity index (χ0v) is 26.0. The molecule has 0 aromatic heterocycles. The Morgan fingerprint density at radius 1 is 0.837 bits per heavy atom. The molecule has 0 radical (unpaired) electrons. The second kappa shape index (κ2) is 15.1. The Labute approximate surface area is 255 Å². The van der Waals surface area contributed by atoms with Crippen molar-refractivity contribution in [1.29, 1.82) is 0 Å². The maximum atomic E-state index is 12.9. The van der Waals surface area contributed by atoms with Gasteiger partial charge in [0.2, 0.25) is 6.29 Å². The predicted molar refractivity (Wildman–Crippen MR) is 147 cm³/mol. The highest BCUT2D eigenvalue weighted by Crippen LogP contribution is 2.37. The number of carbonyl (C=O) groups is 3. The lowest BCUT2D eigenvalue weighted by Gasteiger charge is -2.39. The molecule has 2 aromatic carbocycles. The number of carbonyl (C=O) groups excluding carboxylic acids is 3. The summed E-state index contributed by atoms with van der Waals surface area (Å²) in [5.41, 5.74) is 0.622. The van der Waals surface area contributed by atoms with Gasteiger partial charge in [0.05, 0.1) is 14.2 Å².